The van der Waals surface area contributed by atoms with Gasteiger partial charge in [0.2, 0.25) is 0 Å². The number of rotatable bonds is 2. The first-order chi connectivity index (χ1) is 11.2. The van der Waals surface area contributed by atoms with Crippen LogP contribution in [0.3, 0.4) is 0 Å². The van der Waals surface area contributed by atoms with E-state index in [1.807, 2.05) is 48.5 Å². The SMILES string of the molecule is Clc1ccc(-c2ccc(-c3ccc(Cl)cc3)c3nsnc23)cc1. The van der Waals surface area contributed by atoms with Crippen LogP contribution in [0.25, 0.3) is 33.3 Å². The Bertz CT molecular complexity index is 897. The summed E-state index contributed by atoms with van der Waals surface area (Å²) in [6, 6.07) is 19.7. The highest BCUT2D eigenvalue weighted by Crippen LogP contribution is 2.35. The van der Waals surface area contributed by atoms with Crippen molar-refractivity contribution in [2.45, 2.75) is 0 Å². The average molecular weight is 357 g/mol. The number of hydrogen-bond donors (Lipinski definition) is 0. The molecule has 0 radical (unpaired) electrons. The third-order valence-electron chi connectivity index (χ3n) is 3.73. The Kier molecular flexibility index (Phi) is 3.77. The van der Waals surface area contributed by atoms with E-state index in [-0.39, 0.29) is 0 Å². The largest absolute Gasteiger partial charge is 0.172 e. The van der Waals surface area contributed by atoms with Gasteiger partial charge in [0, 0.05) is 21.2 Å². The van der Waals surface area contributed by atoms with Gasteiger partial charge in [-0.3, -0.25) is 0 Å². The van der Waals surface area contributed by atoms with Crippen LogP contribution in [0.4, 0.5) is 0 Å². The summed E-state index contributed by atoms with van der Waals surface area (Å²) >= 11 is 13.2. The van der Waals surface area contributed by atoms with E-state index in [4.69, 9.17) is 23.2 Å². The van der Waals surface area contributed by atoms with Crippen LogP contribution in [0.15, 0.2) is 60.7 Å². The first-order valence-electron chi connectivity index (χ1n) is 6.99. The lowest BCUT2D eigenvalue weighted by molar-refractivity contribution is 1.58. The maximum atomic E-state index is 5.98. The zero-order valence-corrected chi connectivity index (χ0v) is 14.2. The predicted octanol–water partition coefficient (Wildman–Crippen LogP) is 6.33. The number of aromatic nitrogens is 2. The number of benzene rings is 3. The topological polar surface area (TPSA) is 25.8 Å². The second-order valence-electron chi connectivity index (χ2n) is 5.14. The maximum absolute atomic E-state index is 5.98. The number of halogens is 2. The lowest BCUT2D eigenvalue weighted by atomic mass is 9.98. The molecule has 0 aliphatic carbocycles. The molecule has 0 saturated heterocycles. The van der Waals surface area contributed by atoms with Gasteiger partial charge in [0.25, 0.3) is 0 Å². The smallest absolute Gasteiger partial charge is 0.113 e. The number of fused-ring (bicyclic) bond motifs is 1. The monoisotopic (exact) mass is 356 g/mol. The molecule has 0 N–H and O–H groups in total. The molecular formula is C18H10Cl2N2S. The van der Waals surface area contributed by atoms with Crippen LogP contribution in [0, 0.1) is 0 Å². The Morgan fingerprint density at radius 1 is 0.565 bits per heavy atom. The van der Waals surface area contributed by atoms with Crippen LogP contribution in [-0.2, 0) is 0 Å². The van der Waals surface area contributed by atoms with E-state index in [0.29, 0.717) is 0 Å². The van der Waals surface area contributed by atoms with Gasteiger partial charge in [0.1, 0.15) is 11.0 Å². The Morgan fingerprint density at radius 3 is 1.35 bits per heavy atom. The van der Waals surface area contributed by atoms with Gasteiger partial charge in [-0.2, -0.15) is 8.75 Å². The number of nitrogens with zero attached hydrogens (tertiary/aromatic N) is 2. The van der Waals surface area contributed by atoms with Crippen LogP contribution in [0.5, 0.6) is 0 Å². The van der Waals surface area contributed by atoms with E-state index in [1.165, 1.54) is 11.7 Å². The molecule has 0 atom stereocenters. The van der Waals surface area contributed by atoms with Crippen LogP contribution in [0.2, 0.25) is 10.0 Å². The lowest BCUT2D eigenvalue weighted by Gasteiger charge is -2.07. The summed E-state index contributed by atoms with van der Waals surface area (Å²) in [7, 11) is 0. The molecule has 4 rings (SSSR count). The quantitative estimate of drug-likeness (QED) is 0.419. The minimum atomic E-state index is 0.721. The molecule has 0 bridgehead atoms. The fourth-order valence-electron chi connectivity index (χ4n) is 2.59. The van der Waals surface area contributed by atoms with Gasteiger partial charge < -0.3 is 0 Å². The van der Waals surface area contributed by atoms with E-state index in [2.05, 4.69) is 20.9 Å². The minimum Gasteiger partial charge on any atom is -0.172 e. The van der Waals surface area contributed by atoms with Gasteiger partial charge in [-0.05, 0) is 35.4 Å². The molecule has 1 heterocycles. The highest BCUT2D eigenvalue weighted by molar-refractivity contribution is 7.00. The molecule has 0 aliphatic heterocycles. The number of hydrogen-bond acceptors (Lipinski definition) is 3. The van der Waals surface area contributed by atoms with Gasteiger partial charge >= 0.3 is 0 Å². The summed E-state index contributed by atoms with van der Waals surface area (Å²) in [6.07, 6.45) is 0. The predicted molar refractivity (Wildman–Crippen MR) is 98.3 cm³/mol. The summed E-state index contributed by atoms with van der Waals surface area (Å²) in [5, 5.41) is 1.44. The summed E-state index contributed by atoms with van der Waals surface area (Å²) < 4.78 is 8.99. The Morgan fingerprint density at radius 2 is 0.957 bits per heavy atom. The third kappa shape index (κ3) is 2.72. The van der Waals surface area contributed by atoms with E-state index in [0.717, 1.165) is 43.3 Å². The van der Waals surface area contributed by atoms with Crippen molar-refractivity contribution in [1.29, 1.82) is 0 Å². The molecule has 0 saturated carbocycles. The fourth-order valence-corrected chi connectivity index (χ4v) is 3.42. The van der Waals surface area contributed by atoms with E-state index in [1.54, 1.807) is 0 Å². The molecule has 0 amide bonds. The molecule has 5 heteroatoms. The van der Waals surface area contributed by atoms with Gasteiger partial charge in [-0.1, -0.05) is 59.6 Å². The molecule has 112 valence electrons. The lowest BCUT2D eigenvalue weighted by Crippen LogP contribution is -1.85. The zero-order chi connectivity index (χ0) is 15.8. The fraction of sp³-hybridized carbons (Fsp3) is 0. The highest BCUT2D eigenvalue weighted by Gasteiger charge is 2.13. The van der Waals surface area contributed by atoms with Crippen molar-refractivity contribution >= 4 is 46.0 Å². The van der Waals surface area contributed by atoms with Crippen LogP contribution < -0.4 is 0 Å². The summed E-state index contributed by atoms with van der Waals surface area (Å²) in [4.78, 5) is 0. The summed E-state index contributed by atoms with van der Waals surface area (Å²) in [5.41, 5.74) is 6.09. The normalized spacial score (nSPS) is 11.0. The average Bonchev–Trinajstić information content (AvgIpc) is 3.05. The molecule has 3 aromatic carbocycles. The molecule has 4 aromatic rings. The Hall–Kier alpha value is -1.94. The van der Waals surface area contributed by atoms with Crippen molar-refractivity contribution in [2.75, 3.05) is 0 Å². The highest BCUT2D eigenvalue weighted by atomic mass is 35.5. The van der Waals surface area contributed by atoms with E-state index < -0.39 is 0 Å². The zero-order valence-electron chi connectivity index (χ0n) is 11.8. The molecule has 0 spiro atoms. The standard InChI is InChI=1S/C18H10Cl2N2S/c19-13-5-1-11(2-6-13)15-9-10-16(18-17(15)21-23-22-18)12-3-7-14(20)8-4-12/h1-10H. The van der Waals surface area contributed by atoms with Crippen LogP contribution in [-0.4, -0.2) is 8.75 Å². The van der Waals surface area contributed by atoms with Crippen molar-refractivity contribution in [1.82, 2.24) is 8.75 Å². The van der Waals surface area contributed by atoms with Gasteiger partial charge in [-0.15, -0.1) is 0 Å². The first kappa shape index (κ1) is 14.6. The molecule has 23 heavy (non-hydrogen) atoms. The maximum Gasteiger partial charge on any atom is 0.113 e. The Labute approximate surface area is 147 Å². The molecule has 0 unspecified atom stereocenters. The van der Waals surface area contributed by atoms with Crippen molar-refractivity contribution < 1.29 is 0 Å². The summed E-state index contributed by atoms with van der Waals surface area (Å²) in [5.74, 6) is 0. The van der Waals surface area contributed by atoms with Crippen molar-refractivity contribution in [3.05, 3.63) is 70.7 Å². The molecule has 0 aliphatic rings. The molecule has 2 nitrogen and oxygen atoms in total. The van der Waals surface area contributed by atoms with Crippen LogP contribution >= 0.6 is 34.9 Å². The van der Waals surface area contributed by atoms with Crippen molar-refractivity contribution in [3.8, 4) is 22.3 Å². The Balaban J connectivity index is 1.91. The first-order valence-corrected chi connectivity index (χ1v) is 8.48. The van der Waals surface area contributed by atoms with E-state index in [9.17, 15) is 0 Å². The second kappa shape index (κ2) is 5.93. The molecular weight excluding hydrogens is 347 g/mol. The van der Waals surface area contributed by atoms with Gasteiger partial charge in [0.05, 0.1) is 11.7 Å². The van der Waals surface area contributed by atoms with Crippen LogP contribution in [0.1, 0.15) is 0 Å². The van der Waals surface area contributed by atoms with Gasteiger partial charge in [-0.25, -0.2) is 0 Å². The second-order valence-corrected chi connectivity index (χ2v) is 6.54. The van der Waals surface area contributed by atoms with Crippen molar-refractivity contribution in [2.24, 2.45) is 0 Å². The minimum absolute atomic E-state index is 0.721. The molecule has 1 aromatic heterocycles. The summed E-state index contributed by atoms with van der Waals surface area (Å²) in [6.45, 7) is 0. The van der Waals surface area contributed by atoms with Gasteiger partial charge in [0.15, 0.2) is 0 Å². The third-order valence-corrected chi connectivity index (χ3v) is 4.76. The molecule has 0 fully saturated rings. The van der Waals surface area contributed by atoms with E-state index >= 15 is 0 Å². The van der Waals surface area contributed by atoms with Crippen molar-refractivity contribution in [3.63, 3.8) is 0 Å².